The van der Waals surface area contributed by atoms with Gasteiger partial charge in [-0.25, -0.2) is 0 Å². The molecule has 1 aliphatic carbocycles. The van der Waals surface area contributed by atoms with Gasteiger partial charge in [0.05, 0.1) is 0 Å². The van der Waals surface area contributed by atoms with Gasteiger partial charge in [-0.3, -0.25) is 0 Å². The third-order valence-electron chi connectivity index (χ3n) is 3.87. The SMILES string of the molecule is CN(CC1CCCNC1)CC1(CO)CC1. The van der Waals surface area contributed by atoms with Crippen molar-refractivity contribution in [3.05, 3.63) is 0 Å². The van der Waals surface area contributed by atoms with Gasteiger partial charge in [-0.05, 0) is 51.7 Å². The Hall–Kier alpha value is -0.120. The normalized spacial score (nSPS) is 29.4. The summed E-state index contributed by atoms with van der Waals surface area (Å²) >= 11 is 0. The molecule has 0 radical (unpaired) electrons. The summed E-state index contributed by atoms with van der Waals surface area (Å²) in [4.78, 5) is 2.42. The topological polar surface area (TPSA) is 35.5 Å². The zero-order valence-electron chi connectivity index (χ0n) is 9.84. The number of nitrogens with one attached hydrogen (secondary N) is 1. The van der Waals surface area contributed by atoms with E-state index in [4.69, 9.17) is 0 Å². The second kappa shape index (κ2) is 4.81. The van der Waals surface area contributed by atoms with Crippen LogP contribution >= 0.6 is 0 Å². The molecule has 2 rings (SSSR count). The fraction of sp³-hybridized carbons (Fsp3) is 1.00. The molecule has 1 saturated heterocycles. The largest absolute Gasteiger partial charge is 0.396 e. The van der Waals surface area contributed by atoms with Crippen molar-refractivity contribution in [3.8, 4) is 0 Å². The molecule has 2 fully saturated rings. The molecule has 0 aromatic carbocycles. The molecular formula is C12H24N2O. The first kappa shape index (κ1) is 11.4. The number of aliphatic hydroxyl groups excluding tert-OH is 1. The molecule has 3 nitrogen and oxygen atoms in total. The number of aliphatic hydroxyl groups is 1. The van der Waals surface area contributed by atoms with Gasteiger partial charge in [0.15, 0.2) is 0 Å². The van der Waals surface area contributed by atoms with Gasteiger partial charge in [0.2, 0.25) is 0 Å². The number of piperidine rings is 1. The van der Waals surface area contributed by atoms with Crippen molar-refractivity contribution in [2.24, 2.45) is 11.3 Å². The van der Waals surface area contributed by atoms with E-state index in [-0.39, 0.29) is 5.41 Å². The molecule has 1 unspecified atom stereocenters. The van der Waals surface area contributed by atoms with Crippen LogP contribution in [-0.4, -0.2) is 49.8 Å². The fourth-order valence-corrected chi connectivity index (χ4v) is 2.70. The van der Waals surface area contributed by atoms with Crippen LogP contribution in [-0.2, 0) is 0 Å². The van der Waals surface area contributed by atoms with E-state index in [0.29, 0.717) is 6.61 Å². The lowest BCUT2D eigenvalue weighted by atomic mass is 9.98. The summed E-state index contributed by atoms with van der Waals surface area (Å²) in [6.07, 6.45) is 5.13. The summed E-state index contributed by atoms with van der Waals surface area (Å²) in [7, 11) is 2.20. The van der Waals surface area contributed by atoms with E-state index in [0.717, 1.165) is 12.5 Å². The predicted molar refractivity (Wildman–Crippen MR) is 61.8 cm³/mol. The molecule has 15 heavy (non-hydrogen) atoms. The van der Waals surface area contributed by atoms with E-state index in [9.17, 15) is 5.11 Å². The molecule has 0 aromatic rings. The van der Waals surface area contributed by atoms with E-state index in [1.165, 1.54) is 45.3 Å². The van der Waals surface area contributed by atoms with Crippen LogP contribution in [0.3, 0.4) is 0 Å². The summed E-state index contributed by atoms with van der Waals surface area (Å²) in [5.41, 5.74) is 0.275. The average molecular weight is 212 g/mol. The summed E-state index contributed by atoms with van der Waals surface area (Å²) < 4.78 is 0. The molecule has 88 valence electrons. The highest BCUT2D eigenvalue weighted by Gasteiger charge is 2.42. The molecule has 0 amide bonds. The van der Waals surface area contributed by atoms with Crippen molar-refractivity contribution in [2.75, 3.05) is 39.8 Å². The Morgan fingerprint density at radius 2 is 2.27 bits per heavy atom. The number of hydrogen-bond donors (Lipinski definition) is 2. The number of hydrogen-bond acceptors (Lipinski definition) is 3. The molecule has 1 aliphatic heterocycles. The molecule has 0 bridgehead atoms. The van der Waals surface area contributed by atoms with Gasteiger partial charge < -0.3 is 15.3 Å². The molecule has 2 N–H and O–H groups in total. The summed E-state index contributed by atoms with van der Waals surface area (Å²) in [6, 6.07) is 0. The van der Waals surface area contributed by atoms with Gasteiger partial charge in [0.1, 0.15) is 0 Å². The van der Waals surface area contributed by atoms with E-state index in [1.807, 2.05) is 0 Å². The van der Waals surface area contributed by atoms with Crippen LogP contribution in [0.25, 0.3) is 0 Å². The highest BCUT2D eigenvalue weighted by Crippen LogP contribution is 2.45. The van der Waals surface area contributed by atoms with Crippen LogP contribution in [0.1, 0.15) is 25.7 Å². The van der Waals surface area contributed by atoms with Gasteiger partial charge in [0, 0.05) is 25.1 Å². The summed E-state index contributed by atoms with van der Waals surface area (Å²) in [6.45, 7) is 5.02. The van der Waals surface area contributed by atoms with Gasteiger partial charge in [-0.1, -0.05) is 0 Å². The van der Waals surface area contributed by atoms with Crippen molar-refractivity contribution in [2.45, 2.75) is 25.7 Å². The lowest BCUT2D eigenvalue weighted by Crippen LogP contribution is -2.39. The number of nitrogens with zero attached hydrogens (tertiary/aromatic N) is 1. The molecule has 2 aliphatic rings. The molecule has 3 heteroatoms. The molecule has 1 atom stereocenters. The third kappa shape index (κ3) is 3.16. The van der Waals surface area contributed by atoms with Crippen molar-refractivity contribution in [1.82, 2.24) is 10.2 Å². The predicted octanol–water partition coefficient (Wildman–Crippen LogP) is 0.690. The standard InChI is InChI=1S/C12H24N2O/c1-14(9-12(10-15)4-5-12)8-11-3-2-6-13-7-11/h11,13,15H,2-10H2,1H3. The highest BCUT2D eigenvalue weighted by molar-refractivity contribution is 4.94. The zero-order chi connectivity index (χ0) is 10.7. The molecule has 0 aromatic heterocycles. The second-order valence-electron chi connectivity index (χ2n) is 5.57. The smallest absolute Gasteiger partial charge is 0.0499 e. The minimum Gasteiger partial charge on any atom is -0.396 e. The van der Waals surface area contributed by atoms with Gasteiger partial charge in [-0.15, -0.1) is 0 Å². The van der Waals surface area contributed by atoms with Crippen LogP contribution in [0.2, 0.25) is 0 Å². The Morgan fingerprint density at radius 3 is 2.80 bits per heavy atom. The third-order valence-corrected chi connectivity index (χ3v) is 3.87. The van der Waals surface area contributed by atoms with Crippen LogP contribution in [0, 0.1) is 11.3 Å². The highest BCUT2D eigenvalue weighted by atomic mass is 16.3. The Kier molecular flexibility index (Phi) is 3.65. The maximum absolute atomic E-state index is 9.27. The fourth-order valence-electron chi connectivity index (χ4n) is 2.70. The van der Waals surface area contributed by atoms with Crippen molar-refractivity contribution >= 4 is 0 Å². The Balaban J connectivity index is 1.69. The maximum Gasteiger partial charge on any atom is 0.0499 e. The Labute approximate surface area is 92.8 Å². The van der Waals surface area contributed by atoms with E-state index >= 15 is 0 Å². The van der Waals surface area contributed by atoms with Gasteiger partial charge in [0.25, 0.3) is 0 Å². The lowest BCUT2D eigenvalue weighted by Gasteiger charge is -2.29. The first-order valence-electron chi connectivity index (χ1n) is 6.24. The number of rotatable bonds is 5. The minimum atomic E-state index is 0.275. The molecule has 1 saturated carbocycles. The first-order chi connectivity index (χ1) is 7.24. The molecular weight excluding hydrogens is 188 g/mol. The van der Waals surface area contributed by atoms with Crippen molar-refractivity contribution in [1.29, 1.82) is 0 Å². The second-order valence-corrected chi connectivity index (χ2v) is 5.57. The van der Waals surface area contributed by atoms with Gasteiger partial charge in [-0.2, -0.15) is 0 Å². The van der Waals surface area contributed by atoms with Crippen LogP contribution in [0.5, 0.6) is 0 Å². The van der Waals surface area contributed by atoms with Gasteiger partial charge >= 0.3 is 0 Å². The van der Waals surface area contributed by atoms with Crippen LogP contribution in [0.15, 0.2) is 0 Å². The quantitative estimate of drug-likeness (QED) is 0.704. The lowest BCUT2D eigenvalue weighted by molar-refractivity contribution is 0.148. The van der Waals surface area contributed by atoms with Crippen molar-refractivity contribution in [3.63, 3.8) is 0 Å². The Bertz CT molecular complexity index is 198. The zero-order valence-corrected chi connectivity index (χ0v) is 9.84. The Morgan fingerprint density at radius 1 is 1.47 bits per heavy atom. The van der Waals surface area contributed by atoms with Crippen molar-refractivity contribution < 1.29 is 5.11 Å². The minimum absolute atomic E-state index is 0.275. The first-order valence-corrected chi connectivity index (χ1v) is 6.24. The average Bonchev–Trinajstić information content (AvgIpc) is 3.00. The monoisotopic (exact) mass is 212 g/mol. The van der Waals surface area contributed by atoms with E-state index in [1.54, 1.807) is 0 Å². The molecule has 0 spiro atoms. The molecule has 1 heterocycles. The maximum atomic E-state index is 9.27. The van der Waals surface area contributed by atoms with E-state index in [2.05, 4.69) is 17.3 Å². The summed E-state index contributed by atoms with van der Waals surface area (Å²) in [5.74, 6) is 0.818. The van der Waals surface area contributed by atoms with Crippen LogP contribution in [0.4, 0.5) is 0 Å². The van der Waals surface area contributed by atoms with Crippen LogP contribution < -0.4 is 5.32 Å². The summed E-state index contributed by atoms with van der Waals surface area (Å²) in [5, 5.41) is 12.7. The van der Waals surface area contributed by atoms with E-state index < -0.39 is 0 Å².